The summed E-state index contributed by atoms with van der Waals surface area (Å²) >= 11 is 0. The maximum absolute atomic E-state index is 12.7. The van der Waals surface area contributed by atoms with Crippen LogP contribution in [-0.2, 0) is 6.54 Å². The molecule has 3 rings (SSSR count). The van der Waals surface area contributed by atoms with E-state index < -0.39 is 0 Å². The van der Waals surface area contributed by atoms with Crippen molar-refractivity contribution in [3.05, 3.63) is 71.8 Å². The third-order valence-corrected chi connectivity index (χ3v) is 5.45. The highest BCUT2D eigenvalue weighted by atomic mass is 16.2. The average molecular weight is 380 g/mol. The second kappa shape index (κ2) is 9.24. The van der Waals surface area contributed by atoms with Crippen LogP contribution in [0.5, 0.6) is 0 Å². The van der Waals surface area contributed by atoms with E-state index in [0.29, 0.717) is 0 Å². The van der Waals surface area contributed by atoms with Gasteiger partial charge in [0.1, 0.15) is 0 Å². The molecular formula is C24H33N3O. The zero-order valence-electron chi connectivity index (χ0n) is 17.3. The maximum atomic E-state index is 12.7. The Morgan fingerprint density at radius 1 is 1.00 bits per heavy atom. The number of piperidine rings is 1. The highest BCUT2D eigenvalue weighted by Gasteiger charge is 2.29. The van der Waals surface area contributed by atoms with E-state index in [-0.39, 0.29) is 23.5 Å². The Hall–Kier alpha value is -2.33. The summed E-state index contributed by atoms with van der Waals surface area (Å²) in [5.41, 5.74) is 2.43. The van der Waals surface area contributed by atoms with Gasteiger partial charge in [0.15, 0.2) is 0 Å². The Balaban J connectivity index is 1.49. The Morgan fingerprint density at radius 2 is 1.57 bits per heavy atom. The normalized spacial score (nSPS) is 17.1. The summed E-state index contributed by atoms with van der Waals surface area (Å²) in [4.78, 5) is 15.1. The molecule has 4 nitrogen and oxygen atoms in total. The number of likely N-dealkylation sites (tertiary alicyclic amines) is 1. The Bertz CT molecular complexity index is 731. The van der Waals surface area contributed by atoms with Crippen LogP contribution in [-0.4, -0.2) is 30.1 Å². The van der Waals surface area contributed by atoms with Crippen LogP contribution < -0.4 is 10.6 Å². The zero-order chi connectivity index (χ0) is 20.0. The summed E-state index contributed by atoms with van der Waals surface area (Å²) < 4.78 is 0. The molecule has 1 saturated heterocycles. The van der Waals surface area contributed by atoms with Gasteiger partial charge >= 0.3 is 6.03 Å². The van der Waals surface area contributed by atoms with Crippen LogP contribution in [0.25, 0.3) is 0 Å². The van der Waals surface area contributed by atoms with Crippen LogP contribution in [0.15, 0.2) is 60.7 Å². The summed E-state index contributed by atoms with van der Waals surface area (Å²) in [6.07, 6.45) is 1.98. The van der Waals surface area contributed by atoms with E-state index in [1.54, 1.807) is 0 Å². The lowest BCUT2D eigenvalue weighted by atomic mass is 9.82. The van der Waals surface area contributed by atoms with Gasteiger partial charge in [0.05, 0.1) is 6.04 Å². The second-order valence-electron chi connectivity index (χ2n) is 8.86. The Labute approximate surface area is 169 Å². The van der Waals surface area contributed by atoms with E-state index in [4.69, 9.17) is 0 Å². The van der Waals surface area contributed by atoms with Crippen molar-refractivity contribution < 1.29 is 4.79 Å². The highest BCUT2D eigenvalue weighted by Crippen LogP contribution is 2.32. The second-order valence-corrected chi connectivity index (χ2v) is 8.86. The fourth-order valence-corrected chi connectivity index (χ4v) is 3.88. The number of urea groups is 1. The Kier molecular flexibility index (Phi) is 6.74. The predicted molar refractivity (Wildman–Crippen MR) is 115 cm³/mol. The molecule has 0 aromatic heterocycles. The largest absolute Gasteiger partial charge is 0.335 e. The van der Waals surface area contributed by atoms with E-state index in [1.165, 1.54) is 5.56 Å². The van der Waals surface area contributed by atoms with Crippen molar-refractivity contribution in [2.24, 2.45) is 5.41 Å². The summed E-state index contributed by atoms with van der Waals surface area (Å²) in [5, 5.41) is 6.41. The number of carbonyl (C=O) groups is 1. The van der Waals surface area contributed by atoms with Crippen molar-refractivity contribution in [2.75, 3.05) is 13.1 Å². The molecule has 1 heterocycles. The van der Waals surface area contributed by atoms with Crippen LogP contribution in [0.3, 0.4) is 0 Å². The van der Waals surface area contributed by atoms with Crippen molar-refractivity contribution in [1.82, 2.24) is 15.5 Å². The molecule has 4 heteroatoms. The first kappa shape index (κ1) is 20.4. The fraction of sp³-hybridized carbons (Fsp3) is 0.458. The van der Waals surface area contributed by atoms with Crippen LogP contribution in [0.4, 0.5) is 4.79 Å². The number of benzene rings is 2. The SMILES string of the molecule is CC(C)(C)C(NC(=O)NC1CCN(Cc2ccccc2)CC1)c1ccccc1. The topological polar surface area (TPSA) is 44.4 Å². The van der Waals surface area contributed by atoms with Crippen LogP contribution in [0, 0.1) is 5.41 Å². The minimum absolute atomic E-state index is 0.0214. The van der Waals surface area contributed by atoms with E-state index >= 15 is 0 Å². The standard InChI is InChI=1S/C24H33N3O/c1-24(2,3)22(20-12-8-5-9-13-20)26-23(28)25-21-14-16-27(17-15-21)18-19-10-6-4-7-11-19/h4-13,21-22H,14-18H2,1-3H3,(H2,25,26,28). The number of hydrogen-bond donors (Lipinski definition) is 2. The summed E-state index contributed by atoms with van der Waals surface area (Å²) in [7, 11) is 0. The number of hydrogen-bond acceptors (Lipinski definition) is 2. The van der Waals surface area contributed by atoms with Crippen molar-refractivity contribution in [3.63, 3.8) is 0 Å². The molecule has 1 aliphatic heterocycles. The van der Waals surface area contributed by atoms with E-state index in [0.717, 1.165) is 38.0 Å². The lowest BCUT2D eigenvalue weighted by Gasteiger charge is -2.35. The molecule has 1 atom stereocenters. The number of rotatable bonds is 5. The van der Waals surface area contributed by atoms with Gasteiger partial charge in [-0.1, -0.05) is 81.4 Å². The molecule has 0 bridgehead atoms. The van der Waals surface area contributed by atoms with Gasteiger partial charge in [-0.3, -0.25) is 4.90 Å². The lowest BCUT2D eigenvalue weighted by molar-refractivity contribution is 0.181. The van der Waals surface area contributed by atoms with Crippen molar-refractivity contribution >= 4 is 6.03 Å². The molecule has 28 heavy (non-hydrogen) atoms. The zero-order valence-corrected chi connectivity index (χ0v) is 17.3. The third-order valence-electron chi connectivity index (χ3n) is 5.45. The smallest absolute Gasteiger partial charge is 0.315 e. The van der Waals surface area contributed by atoms with Crippen LogP contribution in [0.2, 0.25) is 0 Å². The van der Waals surface area contributed by atoms with Crippen LogP contribution >= 0.6 is 0 Å². The van der Waals surface area contributed by atoms with Crippen LogP contribution in [0.1, 0.15) is 50.8 Å². The molecule has 0 spiro atoms. The molecule has 1 aliphatic rings. The van der Waals surface area contributed by atoms with Gasteiger partial charge in [0.25, 0.3) is 0 Å². The van der Waals surface area contributed by atoms with E-state index in [2.05, 4.69) is 78.8 Å². The quantitative estimate of drug-likeness (QED) is 0.788. The Morgan fingerprint density at radius 3 is 2.14 bits per heavy atom. The summed E-state index contributed by atoms with van der Waals surface area (Å²) in [6.45, 7) is 9.50. The molecule has 1 unspecified atom stereocenters. The van der Waals surface area contributed by atoms with Gasteiger partial charge in [-0.2, -0.15) is 0 Å². The summed E-state index contributed by atoms with van der Waals surface area (Å²) in [5.74, 6) is 0. The predicted octanol–water partition coefficient (Wildman–Crippen LogP) is 4.74. The molecule has 2 aromatic carbocycles. The monoisotopic (exact) mass is 379 g/mol. The van der Waals surface area contributed by atoms with Gasteiger partial charge in [-0.05, 0) is 29.4 Å². The first-order valence-electron chi connectivity index (χ1n) is 10.3. The maximum Gasteiger partial charge on any atom is 0.315 e. The average Bonchev–Trinajstić information content (AvgIpc) is 2.68. The van der Waals surface area contributed by atoms with Gasteiger partial charge in [-0.15, -0.1) is 0 Å². The molecule has 0 saturated carbocycles. The van der Waals surface area contributed by atoms with Gasteiger partial charge in [0.2, 0.25) is 0 Å². The minimum Gasteiger partial charge on any atom is -0.335 e. The van der Waals surface area contributed by atoms with E-state index in [1.807, 2.05) is 18.2 Å². The summed E-state index contributed by atoms with van der Waals surface area (Å²) in [6, 6.07) is 21.0. The molecule has 2 aromatic rings. The van der Waals surface area contributed by atoms with Gasteiger partial charge in [0, 0.05) is 25.7 Å². The number of carbonyl (C=O) groups excluding carboxylic acids is 1. The molecule has 2 N–H and O–H groups in total. The number of nitrogens with one attached hydrogen (secondary N) is 2. The highest BCUT2D eigenvalue weighted by molar-refractivity contribution is 5.75. The molecule has 0 radical (unpaired) electrons. The number of nitrogens with zero attached hydrogens (tertiary/aromatic N) is 1. The molecule has 150 valence electrons. The first-order chi connectivity index (χ1) is 13.4. The van der Waals surface area contributed by atoms with Crippen molar-refractivity contribution in [2.45, 2.75) is 52.2 Å². The molecule has 0 aliphatic carbocycles. The van der Waals surface area contributed by atoms with Crippen molar-refractivity contribution in [3.8, 4) is 0 Å². The van der Waals surface area contributed by atoms with Gasteiger partial charge in [-0.25, -0.2) is 4.79 Å². The minimum atomic E-state index is -0.0645. The fourth-order valence-electron chi connectivity index (χ4n) is 3.88. The number of amides is 2. The molecular weight excluding hydrogens is 346 g/mol. The third kappa shape index (κ3) is 5.83. The van der Waals surface area contributed by atoms with E-state index in [9.17, 15) is 4.79 Å². The van der Waals surface area contributed by atoms with Gasteiger partial charge < -0.3 is 10.6 Å². The lowest BCUT2D eigenvalue weighted by Crippen LogP contribution is -2.49. The van der Waals surface area contributed by atoms with Crippen molar-refractivity contribution in [1.29, 1.82) is 0 Å². The molecule has 1 fully saturated rings. The molecule has 2 amide bonds. The first-order valence-corrected chi connectivity index (χ1v) is 10.3.